The van der Waals surface area contributed by atoms with E-state index in [9.17, 15) is 0 Å². The zero-order valence-electron chi connectivity index (χ0n) is 11.4. The van der Waals surface area contributed by atoms with Crippen molar-refractivity contribution in [1.29, 1.82) is 0 Å². The highest BCUT2D eigenvalue weighted by atomic mass is 16.7. The molecule has 0 aromatic rings. The molecule has 1 fully saturated rings. The van der Waals surface area contributed by atoms with E-state index in [1.54, 1.807) is 0 Å². The van der Waals surface area contributed by atoms with E-state index < -0.39 is 5.72 Å². The van der Waals surface area contributed by atoms with Crippen LogP contribution in [-0.4, -0.2) is 21.9 Å². The average Bonchev–Trinajstić information content (AvgIpc) is 2.11. The molecule has 0 bridgehead atoms. The number of rotatable bonds is 2. The summed E-state index contributed by atoms with van der Waals surface area (Å²) in [5.41, 5.74) is -0.765. The van der Waals surface area contributed by atoms with Crippen molar-refractivity contribution in [3.8, 4) is 0 Å². The molecule has 0 aliphatic carbocycles. The summed E-state index contributed by atoms with van der Waals surface area (Å²) in [6.45, 7) is 19.6. The maximum Gasteiger partial charge on any atom is 0.346 e. The van der Waals surface area contributed by atoms with Gasteiger partial charge < -0.3 is 0 Å². The van der Waals surface area contributed by atoms with Crippen molar-refractivity contribution in [2.75, 3.05) is 0 Å². The molecule has 1 rings (SSSR count). The van der Waals surface area contributed by atoms with Gasteiger partial charge in [0, 0.05) is 24.9 Å². The Morgan fingerprint density at radius 3 is 1.94 bits per heavy atom. The van der Waals surface area contributed by atoms with Crippen molar-refractivity contribution in [1.82, 2.24) is 5.06 Å². The van der Waals surface area contributed by atoms with E-state index in [-0.39, 0.29) is 11.1 Å². The summed E-state index contributed by atoms with van der Waals surface area (Å²) in [5.74, 6) is 0. The average molecular weight is 224 g/mol. The molecule has 0 amide bonds. The smallest absolute Gasteiger partial charge is 0.279 e. The van der Waals surface area contributed by atoms with Crippen LogP contribution in [-0.2, 0) is 4.84 Å². The van der Waals surface area contributed by atoms with E-state index in [2.05, 4.69) is 32.5 Å². The van der Waals surface area contributed by atoms with E-state index in [0.717, 1.165) is 12.8 Å². The van der Waals surface area contributed by atoms with Crippen LogP contribution >= 0.6 is 0 Å². The van der Waals surface area contributed by atoms with Gasteiger partial charge in [-0.15, -0.1) is 0 Å². The molecular formula is C13H24N2O. The van der Waals surface area contributed by atoms with Gasteiger partial charge in [-0.2, -0.15) is 5.06 Å². The molecule has 1 saturated heterocycles. The zero-order chi connectivity index (χ0) is 12.6. The largest absolute Gasteiger partial charge is 0.346 e. The number of hydroxylamine groups is 2. The van der Waals surface area contributed by atoms with Crippen LogP contribution in [0.4, 0.5) is 0 Å². The molecule has 1 aliphatic rings. The predicted molar refractivity (Wildman–Crippen MR) is 65.6 cm³/mol. The lowest BCUT2D eigenvalue weighted by atomic mass is 9.82. The fraction of sp³-hybridized carbons (Fsp3) is 0.923. The zero-order valence-corrected chi connectivity index (χ0v) is 11.4. The van der Waals surface area contributed by atoms with Crippen molar-refractivity contribution in [3.63, 3.8) is 0 Å². The Balaban J connectivity index is 2.93. The third-order valence-corrected chi connectivity index (χ3v) is 3.26. The standard InChI is InChI=1S/C13H24N2O/c1-11(2)9-8-10-12(3,4)15(11)16-13(5,6)14-7/h8-10H2,1-6H3. The first-order valence-electron chi connectivity index (χ1n) is 5.99. The predicted octanol–water partition coefficient (Wildman–Crippen LogP) is 3.62. The van der Waals surface area contributed by atoms with Crippen LogP contribution in [0.3, 0.4) is 0 Å². The number of nitrogens with zero attached hydrogens (tertiary/aromatic N) is 2. The van der Waals surface area contributed by atoms with E-state index in [4.69, 9.17) is 11.4 Å². The minimum absolute atomic E-state index is 0.00368. The fourth-order valence-electron chi connectivity index (χ4n) is 2.47. The highest BCUT2D eigenvalue weighted by Crippen LogP contribution is 2.40. The van der Waals surface area contributed by atoms with Crippen LogP contribution < -0.4 is 0 Å². The SMILES string of the molecule is [C-]#[N+]C(C)(C)ON1C(C)(C)CCCC1(C)C. The Hall–Kier alpha value is -0.590. The van der Waals surface area contributed by atoms with Gasteiger partial charge in [-0.05, 0) is 47.0 Å². The molecule has 3 nitrogen and oxygen atoms in total. The van der Waals surface area contributed by atoms with Crippen molar-refractivity contribution in [3.05, 3.63) is 11.4 Å². The Morgan fingerprint density at radius 1 is 1.12 bits per heavy atom. The first kappa shape index (κ1) is 13.5. The van der Waals surface area contributed by atoms with Crippen LogP contribution in [0.2, 0.25) is 0 Å². The minimum atomic E-state index is -0.772. The lowest BCUT2D eigenvalue weighted by Gasteiger charge is -2.51. The van der Waals surface area contributed by atoms with E-state index in [0.29, 0.717) is 0 Å². The second-order valence-electron chi connectivity index (χ2n) is 6.42. The summed E-state index contributed by atoms with van der Waals surface area (Å²) in [6.07, 6.45) is 3.45. The molecule has 0 aromatic heterocycles. The normalized spacial score (nSPS) is 25.1. The quantitative estimate of drug-likeness (QED) is 0.666. The monoisotopic (exact) mass is 224 g/mol. The number of piperidine rings is 1. The summed E-state index contributed by atoms with van der Waals surface area (Å²) in [5, 5.41) is 2.04. The molecule has 92 valence electrons. The second-order valence-corrected chi connectivity index (χ2v) is 6.42. The maximum absolute atomic E-state index is 7.16. The maximum atomic E-state index is 7.16. The fourth-order valence-corrected chi connectivity index (χ4v) is 2.47. The van der Waals surface area contributed by atoms with Crippen molar-refractivity contribution >= 4 is 0 Å². The summed E-state index contributed by atoms with van der Waals surface area (Å²) in [6, 6.07) is 0. The summed E-state index contributed by atoms with van der Waals surface area (Å²) in [7, 11) is 0. The molecule has 0 atom stereocenters. The first-order valence-corrected chi connectivity index (χ1v) is 5.99. The van der Waals surface area contributed by atoms with Gasteiger partial charge >= 0.3 is 5.72 Å². The topological polar surface area (TPSA) is 16.8 Å². The second kappa shape index (κ2) is 4.01. The molecule has 0 aromatic carbocycles. The third-order valence-electron chi connectivity index (χ3n) is 3.26. The number of hydrogen-bond acceptors (Lipinski definition) is 2. The molecule has 1 heterocycles. The van der Waals surface area contributed by atoms with Gasteiger partial charge in [0.05, 0.1) is 0 Å². The molecule has 0 unspecified atom stereocenters. The molecule has 3 heteroatoms. The van der Waals surface area contributed by atoms with Crippen LogP contribution in [0.1, 0.15) is 60.8 Å². The lowest BCUT2D eigenvalue weighted by Crippen LogP contribution is -2.60. The highest BCUT2D eigenvalue weighted by Gasteiger charge is 2.46. The van der Waals surface area contributed by atoms with Crippen molar-refractivity contribution < 1.29 is 4.84 Å². The van der Waals surface area contributed by atoms with Crippen molar-refractivity contribution in [2.45, 2.75) is 77.6 Å². The van der Waals surface area contributed by atoms with Crippen molar-refractivity contribution in [2.24, 2.45) is 0 Å². The Morgan fingerprint density at radius 2 is 1.56 bits per heavy atom. The first-order chi connectivity index (χ1) is 7.11. The van der Waals surface area contributed by atoms with Gasteiger partial charge in [0.25, 0.3) is 0 Å². The molecule has 0 spiro atoms. The highest BCUT2D eigenvalue weighted by molar-refractivity contribution is 4.94. The van der Waals surface area contributed by atoms with E-state index in [1.807, 2.05) is 18.9 Å². The Bertz CT molecular complexity index is 284. The van der Waals surface area contributed by atoms with Gasteiger partial charge in [0.15, 0.2) is 0 Å². The van der Waals surface area contributed by atoms with E-state index >= 15 is 0 Å². The van der Waals surface area contributed by atoms with Crippen LogP contribution in [0.5, 0.6) is 0 Å². The number of hydrogen-bond donors (Lipinski definition) is 0. The van der Waals surface area contributed by atoms with Crippen LogP contribution in [0.15, 0.2) is 0 Å². The van der Waals surface area contributed by atoms with Gasteiger partial charge in [-0.3, -0.25) is 4.85 Å². The van der Waals surface area contributed by atoms with Gasteiger partial charge in [0.2, 0.25) is 0 Å². The Labute approximate surface area is 99.5 Å². The van der Waals surface area contributed by atoms with Crippen LogP contribution in [0.25, 0.3) is 4.85 Å². The van der Waals surface area contributed by atoms with Gasteiger partial charge in [0.1, 0.15) is 0 Å². The van der Waals surface area contributed by atoms with E-state index in [1.165, 1.54) is 6.42 Å². The van der Waals surface area contributed by atoms with Gasteiger partial charge in [-0.1, -0.05) is 0 Å². The molecule has 0 N–H and O–H groups in total. The van der Waals surface area contributed by atoms with Crippen LogP contribution in [0, 0.1) is 6.57 Å². The third kappa shape index (κ3) is 2.75. The lowest BCUT2D eigenvalue weighted by molar-refractivity contribution is -0.318. The Kier molecular flexibility index (Phi) is 3.38. The molecule has 0 saturated carbocycles. The van der Waals surface area contributed by atoms with Gasteiger partial charge in [-0.25, -0.2) is 11.4 Å². The molecule has 0 radical (unpaired) electrons. The summed E-state index contributed by atoms with van der Waals surface area (Å²) >= 11 is 0. The minimum Gasteiger partial charge on any atom is -0.279 e. The molecule has 1 aliphatic heterocycles. The summed E-state index contributed by atoms with van der Waals surface area (Å²) < 4.78 is 0. The summed E-state index contributed by atoms with van der Waals surface area (Å²) in [4.78, 5) is 9.47. The molecular weight excluding hydrogens is 200 g/mol. The molecule has 16 heavy (non-hydrogen) atoms.